The normalized spacial score (nSPS) is 12.0. The molecule has 0 bridgehead atoms. The van der Waals surface area contributed by atoms with E-state index in [-0.39, 0.29) is 5.69 Å². The first-order valence-corrected chi connectivity index (χ1v) is 8.03. The SMILES string of the molecule is O=C(O)c1cccn1C(c1ccc(-c2ccccc2)cc1)c1nnn[nH]1. The van der Waals surface area contributed by atoms with Crippen LogP contribution < -0.4 is 0 Å². The van der Waals surface area contributed by atoms with E-state index in [1.807, 2.05) is 54.6 Å². The van der Waals surface area contributed by atoms with E-state index in [2.05, 4.69) is 20.6 Å². The minimum atomic E-state index is -1.01. The van der Waals surface area contributed by atoms with E-state index < -0.39 is 12.0 Å². The molecule has 1 atom stereocenters. The van der Waals surface area contributed by atoms with Gasteiger partial charge in [-0.15, -0.1) is 5.10 Å². The summed E-state index contributed by atoms with van der Waals surface area (Å²) in [7, 11) is 0. The smallest absolute Gasteiger partial charge is 0.352 e. The molecule has 0 fully saturated rings. The molecule has 0 aliphatic heterocycles. The van der Waals surface area contributed by atoms with Crippen molar-refractivity contribution in [3.63, 3.8) is 0 Å². The zero-order valence-corrected chi connectivity index (χ0v) is 13.6. The van der Waals surface area contributed by atoms with Gasteiger partial charge in [-0.1, -0.05) is 54.6 Å². The first kappa shape index (κ1) is 15.8. The standard InChI is InChI=1S/C19H15N5O2/c25-19(26)16-7-4-12-24(16)17(18-20-22-23-21-18)15-10-8-14(9-11-15)13-5-2-1-3-6-13/h1-12,17H,(H,25,26)(H,20,21,22,23). The van der Waals surface area contributed by atoms with Crippen molar-refractivity contribution in [1.29, 1.82) is 0 Å². The number of nitrogens with one attached hydrogen (secondary N) is 1. The number of carbonyl (C=O) groups is 1. The monoisotopic (exact) mass is 345 g/mol. The predicted molar refractivity (Wildman–Crippen MR) is 94.7 cm³/mol. The third-order valence-corrected chi connectivity index (χ3v) is 4.23. The fourth-order valence-electron chi connectivity index (χ4n) is 3.02. The molecule has 2 N–H and O–H groups in total. The second kappa shape index (κ2) is 6.64. The second-order valence-corrected chi connectivity index (χ2v) is 5.78. The Bertz CT molecular complexity index is 1010. The molecule has 2 aromatic heterocycles. The van der Waals surface area contributed by atoms with Crippen molar-refractivity contribution in [2.24, 2.45) is 0 Å². The molecular formula is C19H15N5O2. The lowest BCUT2D eigenvalue weighted by molar-refractivity contribution is 0.0684. The van der Waals surface area contributed by atoms with Crippen LogP contribution in [0.25, 0.3) is 11.1 Å². The van der Waals surface area contributed by atoms with E-state index in [9.17, 15) is 9.90 Å². The van der Waals surface area contributed by atoms with Gasteiger partial charge in [-0.25, -0.2) is 9.89 Å². The van der Waals surface area contributed by atoms with Crippen molar-refractivity contribution in [3.05, 3.63) is 90.0 Å². The molecule has 0 radical (unpaired) electrons. The summed E-state index contributed by atoms with van der Waals surface area (Å²) in [4.78, 5) is 11.5. The number of tetrazole rings is 1. The molecule has 0 aliphatic rings. The van der Waals surface area contributed by atoms with Gasteiger partial charge in [0.2, 0.25) is 0 Å². The maximum atomic E-state index is 11.5. The minimum Gasteiger partial charge on any atom is -0.477 e. The average molecular weight is 345 g/mol. The summed E-state index contributed by atoms with van der Waals surface area (Å²) in [6, 6.07) is 20.8. The fourth-order valence-corrected chi connectivity index (χ4v) is 3.02. The molecule has 0 saturated carbocycles. The van der Waals surface area contributed by atoms with Crippen LogP contribution in [0.3, 0.4) is 0 Å². The first-order valence-electron chi connectivity index (χ1n) is 8.03. The zero-order chi connectivity index (χ0) is 17.9. The van der Waals surface area contributed by atoms with Crippen LogP contribution in [0.4, 0.5) is 0 Å². The summed E-state index contributed by atoms with van der Waals surface area (Å²) in [6.07, 6.45) is 1.71. The molecule has 0 saturated heterocycles. The number of carboxylic acids is 1. The molecule has 2 aromatic carbocycles. The molecule has 7 nitrogen and oxygen atoms in total. The highest BCUT2D eigenvalue weighted by atomic mass is 16.4. The van der Waals surface area contributed by atoms with Crippen molar-refractivity contribution in [1.82, 2.24) is 25.2 Å². The largest absolute Gasteiger partial charge is 0.477 e. The summed E-state index contributed by atoms with van der Waals surface area (Å²) < 4.78 is 1.64. The van der Waals surface area contributed by atoms with Gasteiger partial charge in [-0.05, 0) is 39.2 Å². The Morgan fingerprint density at radius 1 is 0.962 bits per heavy atom. The van der Waals surface area contributed by atoms with Crippen LogP contribution in [0, 0.1) is 0 Å². The van der Waals surface area contributed by atoms with Gasteiger partial charge < -0.3 is 9.67 Å². The lowest BCUT2D eigenvalue weighted by atomic mass is 10.00. The number of nitrogens with zero attached hydrogens (tertiary/aromatic N) is 4. The van der Waals surface area contributed by atoms with Gasteiger partial charge >= 0.3 is 5.97 Å². The Hall–Kier alpha value is -3.74. The quantitative estimate of drug-likeness (QED) is 0.579. The Morgan fingerprint density at radius 2 is 1.69 bits per heavy atom. The Morgan fingerprint density at radius 3 is 2.35 bits per heavy atom. The van der Waals surface area contributed by atoms with Crippen LogP contribution in [0.1, 0.15) is 27.9 Å². The summed E-state index contributed by atoms with van der Waals surface area (Å²) >= 11 is 0. The number of hydrogen-bond acceptors (Lipinski definition) is 4. The zero-order valence-electron chi connectivity index (χ0n) is 13.6. The topological polar surface area (TPSA) is 96.7 Å². The number of hydrogen-bond donors (Lipinski definition) is 2. The highest BCUT2D eigenvalue weighted by molar-refractivity contribution is 5.86. The molecular weight excluding hydrogens is 330 g/mol. The van der Waals surface area contributed by atoms with Gasteiger partial charge in [-0.2, -0.15) is 0 Å². The lowest BCUT2D eigenvalue weighted by Gasteiger charge is -2.18. The van der Waals surface area contributed by atoms with E-state index in [1.54, 1.807) is 22.9 Å². The number of carboxylic acid groups (broad SMARTS) is 1. The number of benzene rings is 2. The number of rotatable bonds is 5. The van der Waals surface area contributed by atoms with Gasteiger partial charge in [-0.3, -0.25) is 0 Å². The van der Waals surface area contributed by atoms with Gasteiger partial charge in [0.1, 0.15) is 11.7 Å². The molecule has 0 aliphatic carbocycles. The average Bonchev–Trinajstić information content (AvgIpc) is 3.36. The second-order valence-electron chi connectivity index (χ2n) is 5.78. The lowest BCUT2D eigenvalue weighted by Crippen LogP contribution is -2.18. The highest BCUT2D eigenvalue weighted by Crippen LogP contribution is 2.28. The third-order valence-electron chi connectivity index (χ3n) is 4.23. The van der Waals surface area contributed by atoms with E-state index >= 15 is 0 Å². The Kier molecular flexibility index (Phi) is 4.03. The van der Waals surface area contributed by atoms with Crippen molar-refractivity contribution < 1.29 is 9.90 Å². The molecule has 1 unspecified atom stereocenters. The van der Waals surface area contributed by atoms with E-state index in [0.717, 1.165) is 16.7 Å². The minimum absolute atomic E-state index is 0.165. The fraction of sp³-hybridized carbons (Fsp3) is 0.0526. The van der Waals surface area contributed by atoms with Gasteiger partial charge in [0.15, 0.2) is 5.82 Å². The van der Waals surface area contributed by atoms with Crippen LogP contribution in [0.2, 0.25) is 0 Å². The Labute approximate surface area is 148 Å². The van der Waals surface area contributed by atoms with E-state index in [4.69, 9.17) is 0 Å². The molecule has 0 spiro atoms. The highest BCUT2D eigenvalue weighted by Gasteiger charge is 2.24. The number of aromatic carboxylic acids is 1. The van der Waals surface area contributed by atoms with Crippen LogP contribution in [0.15, 0.2) is 72.9 Å². The van der Waals surface area contributed by atoms with Crippen molar-refractivity contribution >= 4 is 5.97 Å². The van der Waals surface area contributed by atoms with E-state index in [1.165, 1.54) is 0 Å². The van der Waals surface area contributed by atoms with Crippen molar-refractivity contribution in [2.75, 3.05) is 0 Å². The summed E-state index contributed by atoms with van der Waals surface area (Å²) in [5.74, 6) is -0.537. The molecule has 0 amide bonds. The van der Waals surface area contributed by atoms with Gasteiger partial charge in [0.05, 0.1) is 0 Å². The predicted octanol–water partition coefficient (Wildman–Crippen LogP) is 3.00. The maximum Gasteiger partial charge on any atom is 0.352 e. The molecule has 2 heterocycles. The Balaban J connectivity index is 1.78. The molecule has 26 heavy (non-hydrogen) atoms. The van der Waals surface area contributed by atoms with Crippen LogP contribution in [-0.4, -0.2) is 36.3 Å². The number of aromatic nitrogens is 5. The van der Waals surface area contributed by atoms with Crippen LogP contribution in [0.5, 0.6) is 0 Å². The van der Waals surface area contributed by atoms with E-state index in [0.29, 0.717) is 5.82 Å². The molecule has 7 heteroatoms. The maximum absolute atomic E-state index is 11.5. The first-order chi connectivity index (χ1) is 12.7. The summed E-state index contributed by atoms with van der Waals surface area (Å²) in [6.45, 7) is 0. The summed E-state index contributed by atoms with van der Waals surface area (Å²) in [5, 5.41) is 23.5. The van der Waals surface area contributed by atoms with Crippen LogP contribution >= 0.6 is 0 Å². The number of H-pyrrole nitrogens is 1. The van der Waals surface area contributed by atoms with Gasteiger partial charge in [0, 0.05) is 6.20 Å². The van der Waals surface area contributed by atoms with Crippen molar-refractivity contribution in [3.8, 4) is 11.1 Å². The summed E-state index contributed by atoms with van der Waals surface area (Å²) in [5.41, 5.74) is 3.24. The number of aromatic amines is 1. The van der Waals surface area contributed by atoms with Crippen molar-refractivity contribution in [2.45, 2.75) is 6.04 Å². The molecule has 128 valence electrons. The van der Waals surface area contributed by atoms with Crippen LogP contribution in [-0.2, 0) is 0 Å². The van der Waals surface area contributed by atoms with Gasteiger partial charge in [0.25, 0.3) is 0 Å². The molecule has 4 rings (SSSR count). The molecule has 4 aromatic rings. The third kappa shape index (κ3) is 2.86.